The van der Waals surface area contributed by atoms with E-state index in [0.717, 1.165) is 10.0 Å². The summed E-state index contributed by atoms with van der Waals surface area (Å²) in [5.41, 5.74) is 1.47. The Labute approximate surface area is 165 Å². The molecule has 140 valence electrons. The number of aromatic nitrogens is 2. The molecule has 9 heteroatoms. The van der Waals surface area contributed by atoms with Crippen molar-refractivity contribution in [3.05, 3.63) is 53.0 Å². The van der Waals surface area contributed by atoms with Crippen LogP contribution < -0.4 is 0 Å². The summed E-state index contributed by atoms with van der Waals surface area (Å²) in [5.74, 6) is 0.790. The molecule has 3 aromatic rings. The third kappa shape index (κ3) is 3.68. The first-order valence-corrected chi connectivity index (χ1v) is 10.6. The maximum atomic E-state index is 12.7. The molecule has 0 spiro atoms. The second-order valence-electron chi connectivity index (χ2n) is 5.94. The molecule has 1 fully saturated rings. The molecule has 2 aromatic carbocycles. The molecule has 0 N–H and O–H groups in total. The van der Waals surface area contributed by atoms with E-state index in [4.69, 9.17) is 9.26 Å². The van der Waals surface area contributed by atoms with Crippen molar-refractivity contribution in [2.45, 2.75) is 4.90 Å². The van der Waals surface area contributed by atoms with Crippen molar-refractivity contribution in [2.24, 2.45) is 0 Å². The van der Waals surface area contributed by atoms with E-state index in [1.54, 1.807) is 24.3 Å². The maximum absolute atomic E-state index is 12.7. The number of hydrogen-bond donors (Lipinski definition) is 0. The van der Waals surface area contributed by atoms with Gasteiger partial charge in [-0.15, -0.1) is 0 Å². The molecule has 27 heavy (non-hydrogen) atoms. The molecule has 0 radical (unpaired) electrons. The lowest BCUT2D eigenvalue weighted by Gasteiger charge is -2.26. The van der Waals surface area contributed by atoms with Crippen LogP contribution in [0.2, 0.25) is 0 Å². The van der Waals surface area contributed by atoms with Gasteiger partial charge < -0.3 is 9.26 Å². The first-order valence-electron chi connectivity index (χ1n) is 8.33. The average molecular weight is 450 g/mol. The quantitative estimate of drug-likeness (QED) is 0.607. The highest BCUT2D eigenvalue weighted by atomic mass is 79.9. The van der Waals surface area contributed by atoms with Crippen molar-refractivity contribution in [2.75, 3.05) is 26.3 Å². The van der Waals surface area contributed by atoms with Gasteiger partial charge in [-0.05, 0) is 52.3 Å². The second-order valence-corrected chi connectivity index (χ2v) is 8.74. The van der Waals surface area contributed by atoms with E-state index in [1.165, 1.54) is 4.31 Å². The second kappa shape index (κ2) is 7.51. The Bertz CT molecular complexity index is 1040. The van der Waals surface area contributed by atoms with E-state index in [0.29, 0.717) is 43.6 Å². The molecular weight excluding hydrogens is 434 g/mol. The van der Waals surface area contributed by atoms with Gasteiger partial charge in [-0.1, -0.05) is 17.3 Å². The van der Waals surface area contributed by atoms with E-state index in [-0.39, 0.29) is 4.90 Å². The predicted molar refractivity (Wildman–Crippen MR) is 102 cm³/mol. The van der Waals surface area contributed by atoms with Crippen molar-refractivity contribution in [3.8, 4) is 22.8 Å². The Morgan fingerprint density at radius 3 is 2.41 bits per heavy atom. The normalized spacial score (nSPS) is 15.7. The van der Waals surface area contributed by atoms with Crippen LogP contribution in [-0.4, -0.2) is 49.2 Å². The van der Waals surface area contributed by atoms with Gasteiger partial charge in [0.25, 0.3) is 5.89 Å². The summed E-state index contributed by atoms with van der Waals surface area (Å²) in [7, 11) is -3.52. The summed E-state index contributed by atoms with van der Waals surface area (Å²) in [4.78, 5) is 4.65. The van der Waals surface area contributed by atoms with Gasteiger partial charge in [0.05, 0.1) is 23.7 Å². The average Bonchev–Trinajstić information content (AvgIpc) is 3.19. The van der Waals surface area contributed by atoms with Gasteiger partial charge in [-0.25, -0.2) is 8.42 Å². The Morgan fingerprint density at radius 2 is 1.70 bits per heavy atom. The summed E-state index contributed by atoms with van der Waals surface area (Å²) >= 11 is 3.46. The van der Waals surface area contributed by atoms with Gasteiger partial charge in [0.1, 0.15) is 0 Å². The summed E-state index contributed by atoms with van der Waals surface area (Å²) in [6.07, 6.45) is 0. The smallest absolute Gasteiger partial charge is 0.259 e. The molecule has 0 aliphatic carbocycles. The number of rotatable bonds is 4. The van der Waals surface area contributed by atoms with Crippen LogP contribution in [0.1, 0.15) is 0 Å². The predicted octanol–water partition coefficient (Wildman–Crippen LogP) is 3.19. The summed E-state index contributed by atoms with van der Waals surface area (Å²) in [5, 5.41) is 4.00. The Morgan fingerprint density at radius 1 is 1.00 bits per heavy atom. The highest BCUT2D eigenvalue weighted by Gasteiger charge is 2.26. The molecule has 0 saturated carbocycles. The molecule has 0 bridgehead atoms. The van der Waals surface area contributed by atoms with Gasteiger partial charge in [-0.2, -0.15) is 9.29 Å². The first kappa shape index (κ1) is 18.3. The van der Waals surface area contributed by atoms with Crippen molar-refractivity contribution in [1.29, 1.82) is 0 Å². The Hall–Kier alpha value is -2.07. The minimum Gasteiger partial charge on any atom is -0.379 e. The van der Waals surface area contributed by atoms with Crippen LogP contribution >= 0.6 is 15.9 Å². The van der Waals surface area contributed by atoms with E-state index in [2.05, 4.69) is 26.1 Å². The molecule has 1 saturated heterocycles. The zero-order chi connectivity index (χ0) is 18.9. The molecule has 0 amide bonds. The van der Waals surface area contributed by atoms with Crippen molar-refractivity contribution in [1.82, 2.24) is 14.4 Å². The fourth-order valence-corrected chi connectivity index (χ4v) is 4.66. The SMILES string of the molecule is O=S(=O)(c1ccc(-c2noc(-c3ccccc3Br)n2)cc1)N1CCOCC1. The number of sulfonamides is 1. The molecular formula is C18H16BrN3O4S. The zero-order valence-corrected chi connectivity index (χ0v) is 16.6. The van der Waals surface area contributed by atoms with Crippen LogP contribution in [0.15, 0.2) is 62.4 Å². The lowest BCUT2D eigenvalue weighted by Crippen LogP contribution is -2.40. The number of morpholine rings is 1. The van der Waals surface area contributed by atoms with Crippen LogP contribution in [0.5, 0.6) is 0 Å². The Kier molecular flexibility index (Phi) is 5.09. The highest BCUT2D eigenvalue weighted by molar-refractivity contribution is 9.10. The molecule has 1 aromatic heterocycles. The van der Waals surface area contributed by atoms with Gasteiger partial charge in [0.15, 0.2) is 0 Å². The highest BCUT2D eigenvalue weighted by Crippen LogP contribution is 2.29. The van der Waals surface area contributed by atoms with Crippen LogP contribution in [0, 0.1) is 0 Å². The number of benzene rings is 2. The van der Waals surface area contributed by atoms with Crippen LogP contribution in [-0.2, 0) is 14.8 Å². The van der Waals surface area contributed by atoms with Crippen molar-refractivity contribution >= 4 is 26.0 Å². The summed E-state index contributed by atoms with van der Waals surface area (Å²) in [6.45, 7) is 1.56. The van der Waals surface area contributed by atoms with Crippen LogP contribution in [0.25, 0.3) is 22.8 Å². The number of ether oxygens (including phenoxy) is 1. The van der Waals surface area contributed by atoms with Gasteiger partial charge in [0.2, 0.25) is 15.8 Å². The topological polar surface area (TPSA) is 85.5 Å². The molecule has 7 nitrogen and oxygen atoms in total. The fourth-order valence-electron chi connectivity index (χ4n) is 2.80. The molecule has 0 atom stereocenters. The van der Waals surface area contributed by atoms with E-state index >= 15 is 0 Å². The third-order valence-corrected chi connectivity index (χ3v) is 6.86. The fraction of sp³-hybridized carbons (Fsp3) is 0.222. The maximum Gasteiger partial charge on any atom is 0.259 e. The van der Waals surface area contributed by atoms with Gasteiger partial charge in [-0.3, -0.25) is 0 Å². The largest absolute Gasteiger partial charge is 0.379 e. The molecule has 2 heterocycles. The number of halogens is 1. The van der Waals surface area contributed by atoms with Crippen molar-refractivity contribution < 1.29 is 17.7 Å². The molecule has 0 unspecified atom stereocenters. The summed E-state index contributed by atoms with van der Waals surface area (Å²) < 4.78 is 38.2. The summed E-state index contributed by atoms with van der Waals surface area (Å²) in [6, 6.07) is 14.0. The van der Waals surface area contributed by atoms with Crippen LogP contribution in [0.3, 0.4) is 0 Å². The zero-order valence-electron chi connectivity index (χ0n) is 14.2. The van der Waals surface area contributed by atoms with E-state index in [9.17, 15) is 8.42 Å². The number of hydrogen-bond acceptors (Lipinski definition) is 6. The third-order valence-electron chi connectivity index (χ3n) is 4.25. The van der Waals surface area contributed by atoms with Gasteiger partial charge >= 0.3 is 0 Å². The molecule has 1 aliphatic heterocycles. The minimum absolute atomic E-state index is 0.239. The van der Waals surface area contributed by atoms with Gasteiger partial charge in [0, 0.05) is 23.1 Å². The standard InChI is InChI=1S/C18H16BrN3O4S/c19-16-4-2-1-3-15(16)18-20-17(21-26-18)13-5-7-14(8-6-13)27(23,24)22-9-11-25-12-10-22/h1-8H,9-12H2. The van der Waals surface area contributed by atoms with E-state index < -0.39 is 10.0 Å². The molecule has 1 aliphatic rings. The molecule has 4 rings (SSSR count). The number of nitrogens with zero attached hydrogens (tertiary/aromatic N) is 3. The monoisotopic (exact) mass is 449 g/mol. The van der Waals surface area contributed by atoms with E-state index in [1.807, 2.05) is 24.3 Å². The first-order chi connectivity index (χ1) is 13.1. The van der Waals surface area contributed by atoms with Crippen LogP contribution in [0.4, 0.5) is 0 Å². The Balaban J connectivity index is 1.59. The minimum atomic E-state index is -3.52. The lowest BCUT2D eigenvalue weighted by molar-refractivity contribution is 0.0730. The lowest BCUT2D eigenvalue weighted by atomic mass is 10.2. The van der Waals surface area contributed by atoms with Crippen molar-refractivity contribution in [3.63, 3.8) is 0 Å².